The van der Waals surface area contributed by atoms with Crippen LogP contribution in [0.1, 0.15) is 19.3 Å². The minimum atomic E-state index is -0.678. The minimum Gasteiger partial charge on any atom is -0.497 e. The Balaban J connectivity index is 1.67. The third-order valence-electron chi connectivity index (χ3n) is 4.15. The van der Waals surface area contributed by atoms with Crippen LogP contribution < -0.4 is 20.1 Å². The van der Waals surface area contributed by atoms with Gasteiger partial charge in [0.1, 0.15) is 17.1 Å². The number of nitrogens with one attached hydrogen (secondary N) is 2. The molecule has 1 heterocycles. The normalized spacial score (nSPS) is 16.6. The van der Waals surface area contributed by atoms with E-state index in [0.717, 1.165) is 31.0 Å². The Labute approximate surface area is 137 Å². The molecule has 0 atom stereocenters. The van der Waals surface area contributed by atoms with Gasteiger partial charge in [-0.25, -0.2) is 0 Å². The molecule has 2 rings (SSSR count). The fourth-order valence-corrected chi connectivity index (χ4v) is 2.65. The maximum absolute atomic E-state index is 12.3. The molecule has 0 spiro atoms. The SMILES string of the molecule is COc1ccc(OCCCNC(=O)C2(OC)CCNCC2)cc1. The molecule has 1 aromatic carbocycles. The molecule has 6 heteroatoms. The van der Waals surface area contributed by atoms with Gasteiger partial charge < -0.3 is 24.8 Å². The zero-order valence-corrected chi connectivity index (χ0v) is 13.9. The summed E-state index contributed by atoms with van der Waals surface area (Å²) in [6.45, 7) is 2.74. The number of ether oxygens (including phenoxy) is 3. The van der Waals surface area contributed by atoms with E-state index in [1.807, 2.05) is 24.3 Å². The molecule has 1 fully saturated rings. The van der Waals surface area contributed by atoms with Gasteiger partial charge >= 0.3 is 0 Å². The average Bonchev–Trinajstić information content (AvgIpc) is 2.62. The summed E-state index contributed by atoms with van der Waals surface area (Å²) in [5.74, 6) is 1.58. The lowest BCUT2D eigenvalue weighted by atomic mass is 9.91. The van der Waals surface area contributed by atoms with Gasteiger partial charge in [0.15, 0.2) is 0 Å². The molecule has 6 nitrogen and oxygen atoms in total. The van der Waals surface area contributed by atoms with Crippen molar-refractivity contribution < 1.29 is 19.0 Å². The number of hydrogen-bond acceptors (Lipinski definition) is 5. The smallest absolute Gasteiger partial charge is 0.252 e. The van der Waals surface area contributed by atoms with E-state index in [4.69, 9.17) is 14.2 Å². The second-order valence-electron chi connectivity index (χ2n) is 5.58. The van der Waals surface area contributed by atoms with Gasteiger partial charge in [-0.05, 0) is 56.6 Å². The quantitative estimate of drug-likeness (QED) is 0.707. The summed E-state index contributed by atoms with van der Waals surface area (Å²) in [6.07, 6.45) is 2.16. The van der Waals surface area contributed by atoms with Crippen LogP contribution in [0.4, 0.5) is 0 Å². The van der Waals surface area contributed by atoms with Crippen molar-refractivity contribution in [2.45, 2.75) is 24.9 Å². The minimum absolute atomic E-state index is 0.0223. The third-order valence-corrected chi connectivity index (χ3v) is 4.15. The van der Waals surface area contributed by atoms with E-state index in [1.165, 1.54) is 0 Å². The van der Waals surface area contributed by atoms with Gasteiger partial charge in [0.2, 0.25) is 0 Å². The molecule has 0 radical (unpaired) electrons. The van der Waals surface area contributed by atoms with Crippen LogP contribution in [0, 0.1) is 0 Å². The molecular formula is C17H26N2O4. The highest BCUT2D eigenvalue weighted by molar-refractivity contribution is 5.85. The van der Waals surface area contributed by atoms with E-state index >= 15 is 0 Å². The van der Waals surface area contributed by atoms with Crippen molar-refractivity contribution in [3.63, 3.8) is 0 Å². The third kappa shape index (κ3) is 4.84. The maximum Gasteiger partial charge on any atom is 0.252 e. The van der Waals surface area contributed by atoms with Crippen molar-refractivity contribution in [3.8, 4) is 11.5 Å². The molecule has 1 aliphatic rings. The van der Waals surface area contributed by atoms with Gasteiger partial charge in [-0.15, -0.1) is 0 Å². The zero-order valence-electron chi connectivity index (χ0n) is 13.9. The number of carbonyl (C=O) groups is 1. The summed E-state index contributed by atoms with van der Waals surface area (Å²) < 4.78 is 16.2. The number of hydrogen-bond donors (Lipinski definition) is 2. The first-order chi connectivity index (χ1) is 11.2. The second-order valence-corrected chi connectivity index (χ2v) is 5.58. The van der Waals surface area contributed by atoms with Crippen LogP contribution in [0.5, 0.6) is 11.5 Å². The topological polar surface area (TPSA) is 68.8 Å². The number of rotatable bonds is 8. The molecule has 0 aromatic heterocycles. The van der Waals surface area contributed by atoms with Crippen LogP contribution in [0.25, 0.3) is 0 Å². The number of benzene rings is 1. The lowest BCUT2D eigenvalue weighted by molar-refractivity contribution is -0.146. The standard InChI is InChI=1S/C17H26N2O4/c1-21-14-4-6-15(7-5-14)23-13-3-10-19-16(20)17(22-2)8-11-18-12-9-17/h4-7,18H,3,8-13H2,1-2H3,(H,19,20). The lowest BCUT2D eigenvalue weighted by Crippen LogP contribution is -2.54. The number of methoxy groups -OCH3 is 2. The highest BCUT2D eigenvalue weighted by atomic mass is 16.5. The van der Waals surface area contributed by atoms with Crippen LogP contribution in [-0.4, -0.2) is 52.0 Å². The number of piperidine rings is 1. The highest BCUT2D eigenvalue weighted by Gasteiger charge is 2.39. The largest absolute Gasteiger partial charge is 0.497 e. The highest BCUT2D eigenvalue weighted by Crippen LogP contribution is 2.22. The number of carbonyl (C=O) groups excluding carboxylic acids is 1. The van der Waals surface area contributed by atoms with Crippen molar-refractivity contribution in [1.82, 2.24) is 10.6 Å². The monoisotopic (exact) mass is 322 g/mol. The molecule has 1 aromatic rings. The van der Waals surface area contributed by atoms with Crippen molar-refractivity contribution in [2.24, 2.45) is 0 Å². The van der Waals surface area contributed by atoms with E-state index in [9.17, 15) is 4.79 Å². The molecule has 0 bridgehead atoms. The Morgan fingerprint density at radius 1 is 1.17 bits per heavy atom. The predicted octanol–water partition coefficient (Wildman–Crippen LogP) is 1.35. The van der Waals surface area contributed by atoms with Gasteiger partial charge in [0.05, 0.1) is 13.7 Å². The van der Waals surface area contributed by atoms with Crippen LogP contribution >= 0.6 is 0 Å². The average molecular weight is 322 g/mol. The Morgan fingerprint density at radius 2 is 1.83 bits per heavy atom. The van der Waals surface area contributed by atoms with Crippen molar-refractivity contribution >= 4 is 5.91 Å². The molecular weight excluding hydrogens is 296 g/mol. The Kier molecular flexibility index (Phi) is 6.67. The van der Waals surface area contributed by atoms with Gasteiger partial charge in [0, 0.05) is 13.7 Å². The molecule has 0 saturated carbocycles. The fourth-order valence-electron chi connectivity index (χ4n) is 2.65. The Morgan fingerprint density at radius 3 is 2.43 bits per heavy atom. The van der Waals surface area contributed by atoms with E-state index in [2.05, 4.69) is 10.6 Å². The Bertz CT molecular complexity index is 484. The summed E-state index contributed by atoms with van der Waals surface area (Å²) in [6, 6.07) is 7.45. The van der Waals surface area contributed by atoms with E-state index in [0.29, 0.717) is 26.0 Å². The molecule has 2 N–H and O–H groups in total. The van der Waals surface area contributed by atoms with Crippen LogP contribution in [-0.2, 0) is 9.53 Å². The summed E-state index contributed by atoms with van der Waals surface area (Å²) in [4.78, 5) is 12.3. The summed E-state index contributed by atoms with van der Waals surface area (Å²) in [5.41, 5.74) is -0.678. The fraction of sp³-hybridized carbons (Fsp3) is 0.588. The van der Waals surface area contributed by atoms with E-state index in [1.54, 1.807) is 14.2 Å². The first kappa shape index (κ1) is 17.6. The van der Waals surface area contributed by atoms with Crippen LogP contribution in [0.2, 0.25) is 0 Å². The Hall–Kier alpha value is -1.79. The van der Waals surface area contributed by atoms with E-state index < -0.39 is 5.60 Å². The predicted molar refractivity (Wildman–Crippen MR) is 88.0 cm³/mol. The molecule has 1 aliphatic heterocycles. The second kappa shape index (κ2) is 8.74. The summed E-state index contributed by atoms with van der Waals surface area (Å²) >= 11 is 0. The van der Waals surface area contributed by atoms with Crippen molar-refractivity contribution in [3.05, 3.63) is 24.3 Å². The first-order valence-electron chi connectivity index (χ1n) is 8.01. The van der Waals surface area contributed by atoms with Crippen molar-refractivity contribution in [1.29, 1.82) is 0 Å². The van der Waals surface area contributed by atoms with Gasteiger partial charge in [-0.2, -0.15) is 0 Å². The van der Waals surface area contributed by atoms with Crippen LogP contribution in [0.15, 0.2) is 24.3 Å². The van der Waals surface area contributed by atoms with Gasteiger partial charge in [0.25, 0.3) is 5.91 Å². The maximum atomic E-state index is 12.3. The van der Waals surface area contributed by atoms with Gasteiger partial charge in [-0.3, -0.25) is 4.79 Å². The zero-order chi connectivity index (χ0) is 16.5. The lowest BCUT2D eigenvalue weighted by Gasteiger charge is -2.34. The van der Waals surface area contributed by atoms with Gasteiger partial charge in [-0.1, -0.05) is 0 Å². The van der Waals surface area contributed by atoms with Crippen LogP contribution in [0.3, 0.4) is 0 Å². The summed E-state index contributed by atoms with van der Waals surface area (Å²) in [7, 11) is 3.24. The summed E-state index contributed by atoms with van der Waals surface area (Å²) in [5, 5.41) is 6.20. The molecule has 0 aliphatic carbocycles. The van der Waals surface area contributed by atoms with Crippen molar-refractivity contribution in [2.75, 3.05) is 40.5 Å². The molecule has 0 unspecified atom stereocenters. The molecule has 128 valence electrons. The molecule has 1 saturated heterocycles. The first-order valence-corrected chi connectivity index (χ1v) is 8.01. The molecule has 1 amide bonds. The van der Waals surface area contributed by atoms with E-state index in [-0.39, 0.29) is 5.91 Å². The number of amides is 1. The molecule has 23 heavy (non-hydrogen) atoms.